The van der Waals surface area contributed by atoms with Gasteiger partial charge in [-0.15, -0.1) is 0 Å². The van der Waals surface area contributed by atoms with E-state index in [2.05, 4.69) is 4.98 Å². The largest absolute Gasteiger partial charge is 0.472 e. The number of alkyl halides is 3. The summed E-state index contributed by atoms with van der Waals surface area (Å²) in [4.78, 5) is 3.66. The zero-order valence-electron chi connectivity index (χ0n) is 14.1. The highest BCUT2D eigenvalue weighted by molar-refractivity contribution is 6.33. The first kappa shape index (κ1) is 19.5. The van der Waals surface area contributed by atoms with Gasteiger partial charge in [-0.2, -0.15) is 18.2 Å². The molecule has 27 heavy (non-hydrogen) atoms. The van der Waals surface area contributed by atoms with E-state index in [-0.39, 0.29) is 17.5 Å². The normalized spacial score (nSPS) is 11.5. The highest BCUT2D eigenvalue weighted by Gasteiger charge is 2.35. The number of aromatic nitrogens is 1. The Morgan fingerprint density at radius 3 is 2.37 bits per heavy atom. The lowest BCUT2D eigenvalue weighted by atomic mass is 9.97. The standard InChI is InChI=1S/C20H14Cl2F3NO/c1-12-14(8-5-9-15(12)13-6-3-2-4-7-13)11-27-19-17(21)10-16(18(22)26-19)20(23,24)25/h2-10H,11H2,1H3. The van der Waals surface area contributed by atoms with E-state index in [4.69, 9.17) is 27.9 Å². The van der Waals surface area contributed by atoms with Crippen molar-refractivity contribution in [1.82, 2.24) is 4.98 Å². The Morgan fingerprint density at radius 2 is 1.70 bits per heavy atom. The van der Waals surface area contributed by atoms with Crippen molar-refractivity contribution in [3.63, 3.8) is 0 Å². The molecule has 7 heteroatoms. The van der Waals surface area contributed by atoms with E-state index in [9.17, 15) is 13.2 Å². The van der Waals surface area contributed by atoms with Crippen molar-refractivity contribution in [2.75, 3.05) is 0 Å². The second-order valence-corrected chi connectivity index (χ2v) is 6.62. The van der Waals surface area contributed by atoms with Gasteiger partial charge in [0.2, 0.25) is 5.88 Å². The van der Waals surface area contributed by atoms with E-state index < -0.39 is 16.9 Å². The van der Waals surface area contributed by atoms with Crippen LogP contribution in [0, 0.1) is 6.92 Å². The Morgan fingerprint density at radius 1 is 1.00 bits per heavy atom. The third kappa shape index (κ3) is 4.37. The molecule has 1 aromatic heterocycles. The van der Waals surface area contributed by atoms with Crippen LogP contribution in [0.5, 0.6) is 5.88 Å². The van der Waals surface area contributed by atoms with E-state index in [0.717, 1.165) is 28.3 Å². The number of benzene rings is 2. The van der Waals surface area contributed by atoms with Crippen molar-refractivity contribution in [3.8, 4) is 17.0 Å². The predicted molar refractivity (Wildman–Crippen MR) is 100 cm³/mol. The molecule has 0 radical (unpaired) electrons. The first-order valence-electron chi connectivity index (χ1n) is 7.97. The molecular formula is C20H14Cl2F3NO. The van der Waals surface area contributed by atoms with Crippen LogP contribution >= 0.6 is 23.2 Å². The van der Waals surface area contributed by atoms with Crippen LogP contribution < -0.4 is 4.74 Å². The summed E-state index contributed by atoms with van der Waals surface area (Å²) in [5.74, 6) is -0.140. The van der Waals surface area contributed by atoms with Gasteiger partial charge in [0.1, 0.15) is 16.8 Å². The van der Waals surface area contributed by atoms with Crippen LogP contribution in [-0.4, -0.2) is 4.98 Å². The van der Waals surface area contributed by atoms with Gasteiger partial charge in [-0.25, -0.2) is 0 Å². The summed E-state index contributed by atoms with van der Waals surface area (Å²) in [5.41, 5.74) is 2.87. The first-order valence-corrected chi connectivity index (χ1v) is 8.73. The summed E-state index contributed by atoms with van der Waals surface area (Å²) < 4.78 is 44.1. The van der Waals surface area contributed by atoms with Gasteiger partial charge in [-0.1, -0.05) is 71.7 Å². The average Bonchev–Trinajstić information content (AvgIpc) is 2.63. The molecule has 0 bridgehead atoms. The molecule has 0 fully saturated rings. The van der Waals surface area contributed by atoms with Crippen molar-refractivity contribution in [1.29, 1.82) is 0 Å². The predicted octanol–water partition coefficient (Wildman–Crippen LogP) is 6.96. The SMILES string of the molecule is Cc1c(COc2nc(Cl)c(C(F)(F)F)cc2Cl)cccc1-c1ccccc1. The van der Waals surface area contributed by atoms with Crippen LogP contribution in [0.1, 0.15) is 16.7 Å². The number of pyridine rings is 1. The van der Waals surface area contributed by atoms with E-state index in [0.29, 0.717) is 0 Å². The first-order chi connectivity index (χ1) is 12.8. The van der Waals surface area contributed by atoms with E-state index in [1.165, 1.54) is 0 Å². The van der Waals surface area contributed by atoms with Crippen molar-refractivity contribution < 1.29 is 17.9 Å². The lowest BCUT2D eigenvalue weighted by Gasteiger charge is -2.14. The van der Waals surface area contributed by atoms with Gasteiger partial charge in [-0.3, -0.25) is 0 Å². The number of ether oxygens (including phenoxy) is 1. The van der Waals surface area contributed by atoms with Gasteiger partial charge < -0.3 is 4.74 Å². The number of rotatable bonds is 4. The van der Waals surface area contributed by atoms with E-state index >= 15 is 0 Å². The lowest BCUT2D eigenvalue weighted by molar-refractivity contribution is -0.137. The maximum absolute atomic E-state index is 12.8. The molecule has 0 aliphatic heterocycles. The summed E-state index contributed by atoms with van der Waals surface area (Å²) in [6.07, 6.45) is -4.63. The second-order valence-electron chi connectivity index (χ2n) is 5.86. The van der Waals surface area contributed by atoms with E-state index in [1.807, 2.05) is 55.5 Å². The number of hydrogen-bond acceptors (Lipinski definition) is 2. The van der Waals surface area contributed by atoms with Gasteiger partial charge >= 0.3 is 6.18 Å². The number of halogens is 5. The fraction of sp³-hybridized carbons (Fsp3) is 0.150. The molecule has 1 heterocycles. The molecule has 0 saturated heterocycles. The summed E-state index contributed by atoms with van der Waals surface area (Å²) >= 11 is 11.5. The Kier molecular flexibility index (Phi) is 5.63. The van der Waals surface area contributed by atoms with Crippen molar-refractivity contribution in [2.45, 2.75) is 19.7 Å². The molecule has 0 aliphatic carbocycles. The van der Waals surface area contributed by atoms with Crippen LogP contribution in [0.25, 0.3) is 11.1 Å². The molecule has 0 saturated carbocycles. The van der Waals surface area contributed by atoms with Crippen LogP contribution in [0.3, 0.4) is 0 Å². The quantitative estimate of drug-likeness (QED) is 0.432. The summed E-state index contributed by atoms with van der Waals surface area (Å²) in [5, 5.41) is -0.944. The minimum atomic E-state index is -4.63. The maximum atomic E-state index is 12.8. The van der Waals surface area contributed by atoms with Crippen molar-refractivity contribution in [3.05, 3.63) is 81.5 Å². The molecule has 0 aliphatic rings. The lowest BCUT2D eigenvalue weighted by Crippen LogP contribution is -2.08. The van der Waals surface area contributed by atoms with Crippen LogP contribution in [0.4, 0.5) is 13.2 Å². The smallest absolute Gasteiger partial charge is 0.419 e. The van der Waals surface area contributed by atoms with Gasteiger partial charge in [-0.05, 0) is 35.2 Å². The molecule has 0 unspecified atom stereocenters. The van der Waals surface area contributed by atoms with Crippen molar-refractivity contribution >= 4 is 23.2 Å². The van der Waals surface area contributed by atoms with Gasteiger partial charge in [0.25, 0.3) is 0 Å². The van der Waals surface area contributed by atoms with Gasteiger partial charge in [0, 0.05) is 0 Å². The van der Waals surface area contributed by atoms with Crippen LogP contribution in [0.2, 0.25) is 10.2 Å². The minimum Gasteiger partial charge on any atom is -0.472 e. The average molecular weight is 412 g/mol. The Bertz CT molecular complexity index is 959. The Balaban J connectivity index is 1.85. The molecule has 3 rings (SSSR count). The molecule has 140 valence electrons. The monoisotopic (exact) mass is 411 g/mol. The fourth-order valence-corrected chi connectivity index (χ4v) is 3.11. The third-order valence-corrected chi connectivity index (χ3v) is 4.66. The molecule has 2 nitrogen and oxygen atoms in total. The molecule has 2 aromatic carbocycles. The zero-order chi connectivity index (χ0) is 19.6. The van der Waals surface area contributed by atoms with Gasteiger partial charge in [0.05, 0.1) is 5.56 Å². The topological polar surface area (TPSA) is 22.1 Å². The fourth-order valence-electron chi connectivity index (χ4n) is 2.67. The molecule has 0 atom stereocenters. The highest BCUT2D eigenvalue weighted by atomic mass is 35.5. The van der Waals surface area contributed by atoms with Crippen molar-refractivity contribution in [2.24, 2.45) is 0 Å². The summed E-state index contributed by atoms with van der Waals surface area (Å²) in [6.45, 7) is 2.05. The maximum Gasteiger partial charge on any atom is 0.419 e. The zero-order valence-corrected chi connectivity index (χ0v) is 15.7. The number of nitrogens with zero attached hydrogens (tertiary/aromatic N) is 1. The molecular weight excluding hydrogens is 398 g/mol. The Hall–Kier alpha value is -2.24. The number of hydrogen-bond donors (Lipinski definition) is 0. The molecule has 3 aromatic rings. The van der Waals surface area contributed by atoms with E-state index in [1.54, 1.807) is 0 Å². The third-order valence-electron chi connectivity index (χ3n) is 4.10. The van der Waals surface area contributed by atoms with Crippen LogP contribution in [-0.2, 0) is 12.8 Å². The summed E-state index contributed by atoms with van der Waals surface area (Å²) in [7, 11) is 0. The van der Waals surface area contributed by atoms with Gasteiger partial charge in [0.15, 0.2) is 0 Å². The highest BCUT2D eigenvalue weighted by Crippen LogP contribution is 2.38. The molecule has 0 spiro atoms. The summed E-state index contributed by atoms with van der Waals surface area (Å²) in [6, 6.07) is 16.3. The van der Waals surface area contributed by atoms with Crippen LogP contribution in [0.15, 0.2) is 54.6 Å². The second kappa shape index (κ2) is 7.79. The Labute approximate surface area is 164 Å². The minimum absolute atomic E-state index is 0.0981. The molecule has 0 N–H and O–H groups in total. The molecule has 0 amide bonds.